The van der Waals surface area contributed by atoms with Crippen molar-refractivity contribution in [2.75, 3.05) is 25.6 Å². The smallest absolute Gasteiger partial charge is 0.339 e. The number of thioether (sulfide) groups is 2. The van der Waals surface area contributed by atoms with Gasteiger partial charge in [-0.2, -0.15) is 0 Å². The van der Waals surface area contributed by atoms with Crippen molar-refractivity contribution < 1.29 is 9.53 Å². The van der Waals surface area contributed by atoms with E-state index in [1.165, 1.54) is 18.4 Å². The Kier molecular flexibility index (Phi) is 6.09. The molecule has 0 N–H and O–H groups in total. The number of likely N-dealkylation sites (N-methyl/N-ethyl adjacent to an activating group) is 1. The third kappa shape index (κ3) is 3.30. The summed E-state index contributed by atoms with van der Waals surface area (Å²) in [4.78, 5) is 15.1. The summed E-state index contributed by atoms with van der Waals surface area (Å²) in [5, 5.41) is 0. The molecule has 0 saturated heterocycles. The molecule has 0 aromatic rings. The van der Waals surface area contributed by atoms with E-state index in [1.54, 1.807) is 23.5 Å². The molecule has 120 valence electrons. The van der Waals surface area contributed by atoms with Gasteiger partial charge in [0.2, 0.25) is 0 Å². The number of hydrogen-bond donors (Lipinski definition) is 0. The Balaban J connectivity index is 2.48. The normalized spacial score (nSPS) is 25.6. The molecule has 0 saturated carbocycles. The van der Waals surface area contributed by atoms with Crippen molar-refractivity contribution in [2.24, 2.45) is 0 Å². The number of hydrogen-bond acceptors (Lipinski definition) is 5. The lowest BCUT2D eigenvalue weighted by Crippen LogP contribution is -2.55. The van der Waals surface area contributed by atoms with Gasteiger partial charge in [-0.05, 0) is 50.4 Å². The average molecular weight is 330 g/mol. The molecule has 21 heavy (non-hydrogen) atoms. The molecule has 5 heteroatoms. The molecule has 2 rings (SSSR count). The van der Waals surface area contributed by atoms with Gasteiger partial charge in [0, 0.05) is 6.42 Å². The van der Waals surface area contributed by atoms with E-state index in [-0.39, 0.29) is 12.0 Å². The van der Waals surface area contributed by atoms with Crippen molar-refractivity contribution in [2.45, 2.75) is 56.1 Å². The molecule has 3 nitrogen and oxygen atoms in total. The summed E-state index contributed by atoms with van der Waals surface area (Å²) in [5.74, 6) is 2.78. The first kappa shape index (κ1) is 17.2. The number of carbonyl (C=O) groups is 1. The van der Waals surface area contributed by atoms with E-state index in [4.69, 9.17) is 4.74 Å². The van der Waals surface area contributed by atoms with Crippen LogP contribution in [0, 0.1) is 0 Å². The van der Waals surface area contributed by atoms with Gasteiger partial charge in [-0.3, -0.25) is 0 Å². The van der Waals surface area contributed by atoms with Crippen LogP contribution in [0.4, 0.5) is 0 Å². The van der Waals surface area contributed by atoms with Crippen LogP contribution in [0.25, 0.3) is 0 Å². The molecule has 0 radical (unpaired) electrons. The quantitative estimate of drug-likeness (QED) is 0.564. The highest BCUT2D eigenvalue weighted by Gasteiger charge is 2.54. The van der Waals surface area contributed by atoms with Crippen LogP contribution >= 0.6 is 23.5 Å². The topological polar surface area (TPSA) is 29.5 Å². The van der Waals surface area contributed by atoms with Gasteiger partial charge in [-0.1, -0.05) is 20.3 Å². The minimum Gasteiger partial charge on any atom is -0.429 e. The van der Waals surface area contributed by atoms with E-state index in [0.717, 1.165) is 36.5 Å². The van der Waals surface area contributed by atoms with Gasteiger partial charge in [-0.15, -0.1) is 23.5 Å². The Labute approximate surface area is 137 Å². The van der Waals surface area contributed by atoms with Gasteiger partial charge in [0.25, 0.3) is 0 Å². The number of nitrogens with zero attached hydrogens (tertiary/aromatic N) is 1. The van der Waals surface area contributed by atoms with E-state index in [9.17, 15) is 4.79 Å². The number of carbonyl (C=O) groups excluding carboxylic acids is 1. The summed E-state index contributed by atoms with van der Waals surface area (Å²) in [6.07, 6.45) is 5.59. The van der Waals surface area contributed by atoms with Gasteiger partial charge in [-0.25, -0.2) is 4.79 Å². The Bertz CT molecular complexity index is 415. The molecule has 0 fully saturated rings. The van der Waals surface area contributed by atoms with Crippen LogP contribution in [-0.2, 0) is 9.53 Å². The second-order valence-corrected chi connectivity index (χ2v) is 9.08. The highest BCUT2D eigenvalue weighted by Crippen LogP contribution is 2.50. The predicted octanol–water partition coefficient (Wildman–Crippen LogP) is 3.89. The molecular formula is C16H27NO2S2. The van der Waals surface area contributed by atoms with Crippen LogP contribution < -0.4 is 0 Å². The van der Waals surface area contributed by atoms with Crippen LogP contribution in [0.3, 0.4) is 0 Å². The lowest BCUT2D eigenvalue weighted by Gasteiger charge is -2.45. The molecule has 0 spiro atoms. The number of ether oxygens (including phenoxy) is 1. The Morgan fingerprint density at radius 1 is 1.14 bits per heavy atom. The van der Waals surface area contributed by atoms with E-state index >= 15 is 0 Å². The third-order valence-corrected chi connectivity index (χ3v) is 7.05. The van der Waals surface area contributed by atoms with Crippen LogP contribution in [-0.4, -0.2) is 46.6 Å². The van der Waals surface area contributed by atoms with Crippen molar-refractivity contribution in [3.8, 4) is 0 Å². The van der Waals surface area contributed by atoms with Gasteiger partial charge >= 0.3 is 5.97 Å². The molecule has 0 bridgehead atoms. The van der Waals surface area contributed by atoms with E-state index in [2.05, 4.69) is 32.8 Å². The minimum atomic E-state index is -0.504. The molecule has 1 unspecified atom stereocenters. The van der Waals surface area contributed by atoms with E-state index < -0.39 is 4.08 Å². The van der Waals surface area contributed by atoms with Crippen LogP contribution in [0.1, 0.15) is 46.0 Å². The summed E-state index contributed by atoms with van der Waals surface area (Å²) in [6, 6.07) is 0.154. The summed E-state index contributed by atoms with van der Waals surface area (Å²) < 4.78 is 5.34. The molecule has 0 amide bonds. The maximum absolute atomic E-state index is 12.9. The van der Waals surface area contributed by atoms with E-state index in [1.807, 2.05) is 0 Å². The van der Waals surface area contributed by atoms with Crippen molar-refractivity contribution >= 4 is 29.5 Å². The fraction of sp³-hybridized carbons (Fsp3) is 0.812. The SMILES string of the molecule is CCSC1(SCC)C(=O)OC2=C(CCCCC2)C1N(C)C. The molecule has 2 aliphatic rings. The lowest BCUT2D eigenvalue weighted by atomic mass is 9.94. The maximum atomic E-state index is 12.9. The molecule has 1 atom stereocenters. The molecule has 1 heterocycles. The van der Waals surface area contributed by atoms with Crippen molar-refractivity contribution in [1.82, 2.24) is 4.90 Å². The van der Waals surface area contributed by atoms with Gasteiger partial charge in [0.15, 0.2) is 4.08 Å². The Morgan fingerprint density at radius 2 is 1.76 bits per heavy atom. The lowest BCUT2D eigenvalue weighted by molar-refractivity contribution is -0.142. The zero-order chi connectivity index (χ0) is 15.5. The second-order valence-electron chi connectivity index (χ2n) is 5.80. The number of allylic oxidation sites excluding steroid dienone is 1. The van der Waals surface area contributed by atoms with Gasteiger partial charge < -0.3 is 9.64 Å². The Hall–Kier alpha value is -0.130. The first-order valence-electron chi connectivity index (χ1n) is 7.95. The number of esters is 1. The molecule has 1 aliphatic heterocycles. The molecule has 1 aliphatic carbocycles. The number of rotatable bonds is 5. The van der Waals surface area contributed by atoms with Crippen LogP contribution in [0.5, 0.6) is 0 Å². The molecule has 0 aromatic carbocycles. The Morgan fingerprint density at radius 3 is 2.33 bits per heavy atom. The first-order valence-corrected chi connectivity index (χ1v) is 9.92. The second kappa shape index (κ2) is 7.42. The zero-order valence-electron chi connectivity index (χ0n) is 13.6. The highest BCUT2D eigenvalue weighted by atomic mass is 32.2. The van der Waals surface area contributed by atoms with Crippen molar-refractivity contribution in [3.05, 3.63) is 11.3 Å². The van der Waals surface area contributed by atoms with Crippen LogP contribution in [0.15, 0.2) is 11.3 Å². The summed E-state index contributed by atoms with van der Waals surface area (Å²) >= 11 is 3.49. The monoisotopic (exact) mass is 329 g/mol. The summed E-state index contributed by atoms with van der Waals surface area (Å²) in [5.41, 5.74) is 1.37. The highest BCUT2D eigenvalue weighted by molar-refractivity contribution is 8.19. The fourth-order valence-corrected chi connectivity index (χ4v) is 6.64. The average Bonchev–Trinajstić information content (AvgIpc) is 2.65. The van der Waals surface area contributed by atoms with Crippen molar-refractivity contribution in [1.29, 1.82) is 0 Å². The molecular weight excluding hydrogens is 302 g/mol. The predicted molar refractivity (Wildman–Crippen MR) is 92.7 cm³/mol. The third-order valence-electron chi connectivity index (χ3n) is 4.13. The fourth-order valence-electron chi connectivity index (χ4n) is 3.41. The standard InChI is InChI=1S/C16H27NO2S2/c1-5-20-16(21-6-2)14(17(3)4)12-10-8-7-9-11-13(12)19-15(16)18/h14H,5-11H2,1-4H3. The maximum Gasteiger partial charge on any atom is 0.339 e. The summed E-state index contributed by atoms with van der Waals surface area (Å²) in [6.45, 7) is 4.25. The largest absolute Gasteiger partial charge is 0.429 e. The molecule has 0 aromatic heterocycles. The first-order chi connectivity index (χ1) is 10.1. The van der Waals surface area contributed by atoms with Crippen molar-refractivity contribution in [3.63, 3.8) is 0 Å². The summed E-state index contributed by atoms with van der Waals surface area (Å²) in [7, 11) is 4.19. The minimum absolute atomic E-state index is 0.0412. The zero-order valence-corrected chi connectivity index (χ0v) is 15.2. The van der Waals surface area contributed by atoms with Gasteiger partial charge in [0.1, 0.15) is 5.76 Å². The van der Waals surface area contributed by atoms with Crippen LogP contribution in [0.2, 0.25) is 0 Å². The van der Waals surface area contributed by atoms with E-state index in [0.29, 0.717) is 0 Å². The van der Waals surface area contributed by atoms with Gasteiger partial charge in [0.05, 0.1) is 6.04 Å².